The van der Waals surface area contributed by atoms with Gasteiger partial charge in [-0.1, -0.05) is 13.8 Å². The monoisotopic (exact) mass is 248 g/mol. The second kappa shape index (κ2) is 5.27. The normalized spacial score (nSPS) is 11.2. The molecule has 1 heterocycles. The van der Waals surface area contributed by atoms with Gasteiger partial charge in [-0.15, -0.1) is 0 Å². The Morgan fingerprint density at radius 1 is 1.28 bits per heavy atom. The van der Waals surface area contributed by atoms with E-state index in [9.17, 15) is 4.39 Å². The molecule has 0 atom stereocenters. The molecule has 0 aliphatic rings. The number of hydrogen-bond donors (Lipinski definition) is 1. The molecule has 0 amide bonds. The van der Waals surface area contributed by atoms with Crippen molar-refractivity contribution in [3.05, 3.63) is 41.7 Å². The molecule has 0 radical (unpaired) electrons. The molecular weight excluding hydrogens is 231 g/mol. The first-order valence-electron chi connectivity index (χ1n) is 6.03. The molecule has 2 rings (SSSR count). The Kier molecular flexibility index (Phi) is 3.72. The smallest absolute Gasteiger partial charge is 0.153 e. The molecule has 0 fully saturated rings. The van der Waals surface area contributed by atoms with Crippen molar-refractivity contribution < 1.29 is 4.39 Å². The maximum Gasteiger partial charge on any atom is 0.153 e. The molecule has 1 aromatic heterocycles. The summed E-state index contributed by atoms with van der Waals surface area (Å²) in [6.45, 7) is 4.59. The van der Waals surface area contributed by atoms with Gasteiger partial charge in [-0.25, -0.2) is 14.1 Å². The lowest BCUT2D eigenvalue weighted by atomic mass is 10.2. The molecule has 2 aromatic rings. The highest BCUT2D eigenvalue weighted by Gasteiger charge is 2.13. The van der Waals surface area contributed by atoms with E-state index in [1.807, 2.05) is 13.8 Å². The molecule has 2 N–H and O–H groups in total. The quantitative estimate of drug-likeness (QED) is 0.900. The number of nitrogens with zero attached hydrogens (tertiary/aromatic N) is 3. The standard InChI is InChI=1S/C13H17FN4/c1-9(2)13-16-12(7-8-15)18(17-13)11-5-3-10(14)4-6-11/h3-6,9H,7-8,15H2,1-2H3. The first-order valence-corrected chi connectivity index (χ1v) is 6.03. The molecule has 0 saturated heterocycles. The van der Waals surface area contributed by atoms with Crippen LogP contribution in [0.4, 0.5) is 4.39 Å². The van der Waals surface area contributed by atoms with Crippen molar-refractivity contribution in [3.8, 4) is 5.69 Å². The van der Waals surface area contributed by atoms with E-state index in [-0.39, 0.29) is 11.7 Å². The summed E-state index contributed by atoms with van der Waals surface area (Å²) in [4.78, 5) is 4.48. The topological polar surface area (TPSA) is 56.7 Å². The summed E-state index contributed by atoms with van der Waals surface area (Å²) >= 11 is 0. The van der Waals surface area contributed by atoms with E-state index in [0.29, 0.717) is 13.0 Å². The van der Waals surface area contributed by atoms with Crippen LogP contribution in [-0.2, 0) is 6.42 Å². The van der Waals surface area contributed by atoms with Crippen molar-refractivity contribution in [1.29, 1.82) is 0 Å². The van der Waals surface area contributed by atoms with Crippen LogP contribution in [0, 0.1) is 5.82 Å². The zero-order valence-electron chi connectivity index (χ0n) is 10.6. The highest BCUT2D eigenvalue weighted by molar-refractivity contribution is 5.32. The lowest BCUT2D eigenvalue weighted by molar-refractivity contribution is 0.626. The van der Waals surface area contributed by atoms with E-state index in [0.717, 1.165) is 17.3 Å². The maximum absolute atomic E-state index is 12.9. The van der Waals surface area contributed by atoms with E-state index in [1.165, 1.54) is 12.1 Å². The predicted octanol–water partition coefficient (Wildman–Crippen LogP) is 2.03. The minimum Gasteiger partial charge on any atom is -0.330 e. The maximum atomic E-state index is 12.9. The molecule has 0 aliphatic carbocycles. The summed E-state index contributed by atoms with van der Waals surface area (Å²) in [6.07, 6.45) is 0.650. The molecule has 0 spiro atoms. The summed E-state index contributed by atoms with van der Waals surface area (Å²) in [7, 11) is 0. The average molecular weight is 248 g/mol. The molecule has 0 saturated carbocycles. The second-order valence-corrected chi connectivity index (χ2v) is 4.47. The van der Waals surface area contributed by atoms with Gasteiger partial charge in [0, 0.05) is 12.3 Å². The molecular formula is C13H17FN4. The van der Waals surface area contributed by atoms with Crippen LogP contribution in [0.5, 0.6) is 0 Å². The third-order valence-corrected chi connectivity index (χ3v) is 2.65. The van der Waals surface area contributed by atoms with Gasteiger partial charge in [0.05, 0.1) is 5.69 Å². The lowest BCUT2D eigenvalue weighted by Crippen LogP contribution is -2.09. The average Bonchev–Trinajstić information content (AvgIpc) is 2.75. The molecule has 0 aliphatic heterocycles. The van der Waals surface area contributed by atoms with Crippen LogP contribution >= 0.6 is 0 Å². The number of halogens is 1. The van der Waals surface area contributed by atoms with Crippen molar-refractivity contribution in [1.82, 2.24) is 14.8 Å². The molecule has 96 valence electrons. The number of aromatic nitrogens is 3. The second-order valence-electron chi connectivity index (χ2n) is 4.47. The molecule has 18 heavy (non-hydrogen) atoms. The minimum absolute atomic E-state index is 0.253. The van der Waals surface area contributed by atoms with E-state index in [4.69, 9.17) is 5.73 Å². The van der Waals surface area contributed by atoms with E-state index < -0.39 is 0 Å². The molecule has 0 bridgehead atoms. The van der Waals surface area contributed by atoms with Crippen LogP contribution in [-0.4, -0.2) is 21.3 Å². The number of nitrogens with two attached hydrogens (primary N) is 1. The largest absolute Gasteiger partial charge is 0.330 e. The van der Waals surface area contributed by atoms with E-state index >= 15 is 0 Å². The minimum atomic E-state index is -0.261. The van der Waals surface area contributed by atoms with Crippen molar-refractivity contribution in [2.75, 3.05) is 6.54 Å². The fourth-order valence-electron chi connectivity index (χ4n) is 1.69. The van der Waals surface area contributed by atoms with Gasteiger partial charge in [-0.3, -0.25) is 0 Å². The first kappa shape index (κ1) is 12.7. The van der Waals surface area contributed by atoms with Crippen LogP contribution in [0.3, 0.4) is 0 Å². The van der Waals surface area contributed by atoms with Crippen LogP contribution in [0.1, 0.15) is 31.4 Å². The Balaban J connectivity index is 2.44. The molecule has 4 nitrogen and oxygen atoms in total. The highest BCUT2D eigenvalue weighted by Crippen LogP contribution is 2.15. The fraction of sp³-hybridized carbons (Fsp3) is 0.385. The first-order chi connectivity index (χ1) is 8.61. The predicted molar refractivity (Wildman–Crippen MR) is 68.2 cm³/mol. The number of benzene rings is 1. The summed E-state index contributed by atoms with van der Waals surface area (Å²) < 4.78 is 14.7. The lowest BCUT2D eigenvalue weighted by Gasteiger charge is -2.04. The van der Waals surface area contributed by atoms with Gasteiger partial charge in [0.25, 0.3) is 0 Å². The molecule has 5 heteroatoms. The third-order valence-electron chi connectivity index (χ3n) is 2.65. The van der Waals surface area contributed by atoms with Gasteiger partial charge in [0.2, 0.25) is 0 Å². The van der Waals surface area contributed by atoms with Gasteiger partial charge in [-0.05, 0) is 30.8 Å². The third kappa shape index (κ3) is 2.56. The Bertz CT molecular complexity index is 516. The summed E-state index contributed by atoms with van der Waals surface area (Å²) in [6, 6.07) is 6.21. The summed E-state index contributed by atoms with van der Waals surface area (Å²) in [5.74, 6) is 1.59. The van der Waals surface area contributed by atoms with Crippen molar-refractivity contribution in [2.45, 2.75) is 26.2 Å². The van der Waals surface area contributed by atoms with E-state index in [1.54, 1.807) is 16.8 Å². The Hall–Kier alpha value is -1.75. The van der Waals surface area contributed by atoms with Crippen LogP contribution in [0.25, 0.3) is 5.69 Å². The van der Waals surface area contributed by atoms with Crippen molar-refractivity contribution in [2.24, 2.45) is 5.73 Å². The Morgan fingerprint density at radius 3 is 2.50 bits per heavy atom. The zero-order chi connectivity index (χ0) is 13.1. The van der Waals surface area contributed by atoms with Crippen LogP contribution in [0.15, 0.2) is 24.3 Å². The number of rotatable bonds is 4. The van der Waals surface area contributed by atoms with Crippen molar-refractivity contribution in [3.63, 3.8) is 0 Å². The summed E-state index contributed by atoms with van der Waals surface area (Å²) in [5.41, 5.74) is 6.38. The summed E-state index contributed by atoms with van der Waals surface area (Å²) in [5, 5.41) is 4.46. The van der Waals surface area contributed by atoms with Crippen LogP contribution in [0.2, 0.25) is 0 Å². The highest BCUT2D eigenvalue weighted by atomic mass is 19.1. The van der Waals surface area contributed by atoms with Gasteiger partial charge in [-0.2, -0.15) is 5.10 Å². The number of hydrogen-bond acceptors (Lipinski definition) is 3. The Labute approximate surface area is 106 Å². The van der Waals surface area contributed by atoms with Crippen molar-refractivity contribution >= 4 is 0 Å². The van der Waals surface area contributed by atoms with Gasteiger partial charge in [0.15, 0.2) is 5.82 Å². The molecule has 1 aromatic carbocycles. The molecule has 0 unspecified atom stereocenters. The van der Waals surface area contributed by atoms with Gasteiger partial charge < -0.3 is 5.73 Å². The fourth-order valence-corrected chi connectivity index (χ4v) is 1.69. The zero-order valence-corrected chi connectivity index (χ0v) is 10.6. The van der Waals surface area contributed by atoms with Gasteiger partial charge in [0.1, 0.15) is 11.6 Å². The van der Waals surface area contributed by atoms with Crippen LogP contribution < -0.4 is 5.73 Å². The Morgan fingerprint density at radius 2 is 1.94 bits per heavy atom. The van der Waals surface area contributed by atoms with Gasteiger partial charge >= 0.3 is 0 Å². The van der Waals surface area contributed by atoms with E-state index in [2.05, 4.69) is 10.1 Å². The SMILES string of the molecule is CC(C)c1nc(CCN)n(-c2ccc(F)cc2)n1.